The smallest absolute Gasteiger partial charge is 0.287 e. The van der Waals surface area contributed by atoms with Crippen molar-refractivity contribution in [2.75, 3.05) is 6.54 Å². The highest BCUT2D eigenvalue weighted by Crippen LogP contribution is 2.24. The Morgan fingerprint density at radius 1 is 1.29 bits per heavy atom. The lowest BCUT2D eigenvalue weighted by Gasteiger charge is -2.06. The van der Waals surface area contributed by atoms with Gasteiger partial charge in [0.05, 0.1) is 4.92 Å². The Balaban J connectivity index is 1.94. The van der Waals surface area contributed by atoms with Crippen molar-refractivity contribution in [2.24, 2.45) is 0 Å². The molecule has 2 aromatic rings. The Labute approximate surface area is 125 Å². The molecule has 0 spiro atoms. The van der Waals surface area contributed by atoms with Gasteiger partial charge in [-0.3, -0.25) is 19.9 Å². The summed E-state index contributed by atoms with van der Waals surface area (Å²) in [7, 11) is 0. The Hall–Kier alpha value is -2.47. The van der Waals surface area contributed by atoms with Gasteiger partial charge in [0.1, 0.15) is 5.02 Å². The van der Waals surface area contributed by atoms with E-state index in [2.05, 4.69) is 10.3 Å². The standard InChI is InChI=1S/C14H12ClN3O3/c15-12-9-11(1-2-13(12)18(20)21)14(19)17-8-5-10-3-6-16-7-4-10/h1-4,6-7,9H,5,8H2,(H,17,19). The minimum absolute atomic E-state index is 0.0539. The minimum atomic E-state index is -0.590. The van der Waals surface area contributed by atoms with Gasteiger partial charge in [-0.1, -0.05) is 11.6 Å². The number of nitrogens with one attached hydrogen (secondary N) is 1. The fourth-order valence-electron chi connectivity index (χ4n) is 1.77. The Morgan fingerprint density at radius 2 is 2.00 bits per heavy atom. The normalized spacial score (nSPS) is 10.1. The first-order chi connectivity index (χ1) is 10.1. The molecular weight excluding hydrogens is 294 g/mol. The molecule has 108 valence electrons. The second-order valence-corrected chi connectivity index (χ2v) is 4.69. The third kappa shape index (κ3) is 4.00. The highest BCUT2D eigenvalue weighted by atomic mass is 35.5. The van der Waals surface area contributed by atoms with Crippen molar-refractivity contribution in [3.05, 3.63) is 69.0 Å². The zero-order chi connectivity index (χ0) is 15.2. The number of carbonyl (C=O) groups excluding carboxylic acids is 1. The number of halogens is 1. The fraction of sp³-hybridized carbons (Fsp3) is 0.143. The SMILES string of the molecule is O=C(NCCc1ccncc1)c1ccc([N+](=O)[O-])c(Cl)c1. The van der Waals surface area contributed by atoms with Crippen LogP contribution in [0.5, 0.6) is 0 Å². The molecule has 0 aliphatic carbocycles. The molecule has 21 heavy (non-hydrogen) atoms. The molecule has 0 unspecified atom stereocenters. The van der Waals surface area contributed by atoms with Crippen molar-refractivity contribution in [2.45, 2.75) is 6.42 Å². The molecule has 6 nitrogen and oxygen atoms in total. The molecule has 1 aromatic heterocycles. The van der Waals surface area contributed by atoms with Crippen LogP contribution in [-0.4, -0.2) is 22.4 Å². The van der Waals surface area contributed by atoms with E-state index < -0.39 is 4.92 Å². The second-order valence-electron chi connectivity index (χ2n) is 4.28. The third-order valence-corrected chi connectivity index (χ3v) is 3.16. The number of pyridine rings is 1. The van der Waals surface area contributed by atoms with Crippen molar-refractivity contribution >= 4 is 23.2 Å². The van der Waals surface area contributed by atoms with E-state index in [0.29, 0.717) is 18.5 Å². The highest BCUT2D eigenvalue weighted by molar-refractivity contribution is 6.33. The largest absolute Gasteiger partial charge is 0.352 e. The fourth-order valence-corrected chi connectivity index (χ4v) is 2.02. The monoisotopic (exact) mass is 305 g/mol. The maximum atomic E-state index is 11.9. The third-order valence-electron chi connectivity index (χ3n) is 2.86. The number of amides is 1. The van der Waals surface area contributed by atoms with Gasteiger partial charge >= 0.3 is 0 Å². The summed E-state index contributed by atoms with van der Waals surface area (Å²) in [6.07, 6.45) is 4.05. The molecule has 0 saturated carbocycles. The van der Waals surface area contributed by atoms with Gasteiger partial charge < -0.3 is 5.32 Å². The zero-order valence-electron chi connectivity index (χ0n) is 11.0. The van der Waals surface area contributed by atoms with E-state index in [4.69, 9.17) is 11.6 Å². The number of hydrogen-bond acceptors (Lipinski definition) is 4. The van der Waals surface area contributed by atoms with E-state index in [1.165, 1.54) is 18.2 Å². The lowest BCUT2D eigenvalue weighted by molar-refractivity contribution is -0.384. The number of nitrogens with zero attached hydrogens (tertiary/aromatic N) is 2. The zero-order valence-corrected chi connectivity index (χ0v) is 11.7. The number of nitro benzene ring substituents is 1. The lowest BCUT2D eigenvalue weighted by Crippen LogP contribution is -2.25. The predicted octanol–water partition coefficient (Wildman–Crippen LogP) is 2.62. The van der Waals surface area contributed by atoms with Crippen LogP contribution in [0.3, 0.4) is 0 Å². The molecule has 1 heterocycles. The molecule has 1 amide bonds. The van der Waals surface area contributed by atoms with Crippen LogP contribution in [0.1, 0.15) is 15.9 Å². The second kappa shape index (κ2) is 6.81. The van der Waals surface area contributed by atoms with Crippen molar-refractivity contribution in [3.8, 4) is 0 Å². The summed E-state index contributed by atoms with van der Waals surface area (Å²) in [6.45, 7) is 0.456. The van der Waals surface area contributed by atoms with Crippen LogP contribution in [0.2, 0.25) is 5.02 Å². The van der Waals surface area contributed by atoms with E-state index in [1.807, 2.05) is 12.1 Å². The number of rotatable bonds is 5. The molecule has 1 aromatic carbocycles. The molecule has 0 atom stereocenters. The molecule has 0 radical (unpaired) electrons. The topological polar surface area (TPSA) is 85.1 Å². The molecular formula is C14H12ClN3O3. The molecule has 0 bridgehead atoms. The van der Waals surface area contributed by atoms with Crippen LogP contribution < -0.4 is 5.32 Å². The predicted molar refractivity (Wildman–Crippen MR) is 78.4 cm³/mol. The van der Waals surface area contributed by atoms with Crippen LogP contribution in [0.15, 0.2) is 42.7 Å². The molecule has 1 N–H and O–H groups in total. The van der Waals surface area contributed by atoms with E-state index in [0.717, 1.165) is 5.56 Å². The summed E-state index contributed by atoms with van der Waals surface area (Å²) >= 11 is 5.77. The van der Waals surface area contributed by atoms with Crippen LogP contribution in [0.25, 0.3) is 0 Å². The van der Waals surface area contributed by atoms with Gasteiger partial charge in [0.2, 0.25) is 0 Å². The van der Waals surface area contributed by atoms with E-state index in [1.54, 1.807) is 12.4 Å². The van der Waals surface area contributed by atoms with E-state index in [-0.39, 0.29) is 16.6 Å². The van der Waals surface area contributed by atoms with Crippen LogP contribution >= 0.6 is 11.6 Å². The first kappa shape index (κ1) is 14.9. The molecule has 0 aliphatic heterocycles. The first-order valence-corrected chi connectivity index (χ1v) is 6.57. The van der Waals surface area contributed by atoms with E-state index >= 15 is 0 Å². The van der Waals surface area contributed by atoms with Gasteiger partial charge in [0.15, 0.2) is 0 Å². The highest BCUT2D eigenvalue weighted by Gasteiger charge is 2.14. The minimum Gasteiger partial charge on any atom is -0.352 e. The molecule has 0 fully saturated rings. The quantitative estimate of drug-likeness (QED) is 0.679. The number of carbonyl (C=O) groups is 1. The number of hydrogen-bond donors (Lipinski definition) is 1. The summed E-state index contributed by atoms with van der Waals surface area (Å²) < 4.78 is 0. The molecule has 7 heteroatoms. The summed E-state index contributed by atoms with van der Waals surface area (Å²) in [5.41, 5.74) is 1.14. The van der Waals surface area contributed by atoms with Crippen LogP contribution in [-0.2, 0) is 6.42 Å². The van der Waals surface area contributed by atoms with Crippen LogP contribution in [0, 0.1) is 10.1 Å². The molecule has 2 rings (SSSR count). The summed E-state index contributed by atoms with van der Waals surface area (Å²) in [4.78, 5) is 25.9. The van der Waals surface area contributed by atoms with Crippen molar-refractivity contribution < 1.29 is 9.72 Å². The Kier molecular flexibility index (Phi) is 4.84. The number of aromatic nitrogens is 1. The molecule has 0 aliphatic rings. The number of nitro groups is 1. The van der Waals surface area contributed by atoms with Crippen molar-refractivity contribution in [3.63, 3.8) is 0 Å². The molecule has 0 saturated heterocycles. The lowest BCUT2D eigenvalue weighted by atomic mass is 10.1. The maximum absolute atomic E-state index is 11.9. The summed E-state index contributed by atoms with van der Waals surface area (Å²) in [5.74, 6) is -0.319. The average Bonchev–Trinajstić information content (AvgIpc) is 2.47. The Bertz CT molecular complexity index is 662. The van der Waals surface area contributed by atoms with Crippen molar-refractivity contribution in [1.29, 1.82) is 0 Å². The van der Waals surface area contributed by atoms with Gasteiger partial charge in [-0.15, -0.1) is 0 Å². The summed E-state index contributed by atoms with van der Waals surface area (Å²) in [5, 5.41) is 13.3. The van der Waals surface area contributed by atoms with E-state index in [9.17, 15) is 14.9 Å². The van der Waals surface area contributed by atoms with Gasteiger partial charge in [-0.2, -0.15) is 0 Å². The maximum Gasteiger partial charge on any atom is 0.287 e. The van der Waals surface area contributed by atoms with Crippen molar-refractivity contribution in [1.82, 2.24) is 10.3 Å². The van der Waals surface area contributed by atoms with Gasteiger partial charge in [0.25, 0.3) is 11.6 Å². The first-order valence-electron chi connectivity index (χ1n) is 6.19. The Morgan fingerprint density at radius 3 is 2.62 bits per heavy atom. The van der Waals surface area contributed by atoms with Gasteiger partial charge in [-0.25, -0.2) is 0 Å². The van der Waals surface area contributed by atoms with Gasteiger partial charge in [0, 0.05) is 30.6 Å². The summed E-state index contributed by atoms with van der Waals surface area (Å²) in [6, 6.07) is 7.64. The van der Waals surface area contributed by atoms with Crippen LogP contribution in [0.4, 0.5) is 5.69 Å². The number of benzene rings is 1. The van der Waals surface area contributed by atoms with Gasteiger partial charge in [-0.05, 0) is 36.2 Å². The average molecular weight is 306 g/mol.